The van der Waals surface area contributed by atoms with Crippen LogP contribution in [0.25, 0.3) is 0 Å². The zero-order valence-corrected chi connectivity index (χ0v) is 13.8. The molecule has 0 aliphatic rings. The molecule has 0 radical (unpaired) electrons. The second-order valence-electron chi connectivity index (χ2n) is 5.62. The summed E-state index contributed by atoms with van der Waals surface area (Å²) in [6.07, 6.45) is 0. The molecule has 1 rings (SSSR count). The minimum atomic E-state index is -0.616. The first kappa shape index (κ1) is 17.4. The van der Waals surface area contributed by atoms with E-state index in [0.717, 1.165) is 5.69 Å². The molecule has 2 amide bonds. The van der Waals surface area contributed by atoms with E-state index in [1.165, 1.54) is 6.07 Å². The molecule has 0 saturated carbocycles. The lowest BCUT2D eigenvalue weighted by Crippen LogP contribution is -2.46. The first-order chi connectivity index (χ1) is 9.70. The van der Waals surface area contributed by atoms with Gasteiger partial charge in [0.05, 0.1) is 0 Å². The fraction of sp³-hybridized carbons (Fsp3) is 0.533. The van der Waals surface area contributed by atoms with Gasteiger partial charge in [-0.05, 0) is 38.8 Å². The van der Waals surface area contributed by atoms with Gasteiger partial charge in [-0.2, -0.15) is 0 Å². The number of aromatic nitrogens is 1. The van der Waals surface area contributed by atoms with E-state index in [1.807, 2.05) is 27.7 Å². The maximum absolute atomic E-state index is 12.2. The van der Waals surface area contributed by atoms with Gasteiger partial charge < -0.3 is 10.6 Å². The number of hydrogen-bond donors (Lipinski definition) is 2. The lowest BCUT2D eigenvalue weighted by molar-refractivity contribution is -0.123. The van der Waals surface area contributed by atoms with E-state index in [0.29, 0.717) is 5.56 Å². The number of rotatable bonds is 5. The third-order valence-electron chi connectivity index (χ3n) is 2.84. The Balaban J connectivity index is 2.82. The topological polar surface area (TPSA) is 71.1 Å². The van der Waals surface area contributed by atoms with Gasteiger partial charge in [-0.25, -0.2) is 4.98 Å². The number of nitrogens with zero attached hydrogens (tertiary/aromatic N) is 1. The number of carbonyl (C=O) groups excluding carboxylic acids is 2. The maximum Gasteiger partial charge on any atom is 0.252 e. The van der Waals surface area contributed by atoms with Crippen molar-refractivity contribution in [3.63, 3.8) is 0 Å². The molecule has 0 bridgehead atoms. The molecule has 5 nitrogen and oxygen atoms in total. The summed E-state index contributed by atoms with van der Waals surface area (Å²) in [6, 6.07) is 2.60. The Morgan fingerprint density at radius 1 is 1.10 bits per heavy atom. The van der Waals surface area contributed by atoms with Crippen LogP contribution < -0.4 is 10.6 Å². The predicted octanol–water partition coefficient (Wildman–Crippen LogP) is 2.50. The van der Waals surface area contributed by atoms with Crippen LogP contribution in [0, 0.1) is 0 Å². The van der Waals surface area contributed by atoms with E-state index in [4.69, 9.17) is 11.6 Å². The number of nitrogens with one attached hydrogen (secondary N) is 2. The van der Waals surface area contributed by atoms with Crippen LogP contribution in [0.3, 0.4) is 0 Å². The highest BCUT2D eigenvalue weighted by Crippen LogP contribution is 2.17. The van der Waals surface area contributed by atoms with E-state index in [2.05, 4.69) is 15.6 Å². The Morgan fingerprint density at radius 2 is 1.71 bits per heavy atom. The third kappa shape index (κ3) is 5.34. The van der Waals surface area contributed by atoms with E-state index < -0.39 is 6.04 Å². The maximum atomic E-state index is 12.2. The normalized spacial score (nSPS) is 12.4. The quantitative estimate of drug-likeness (QED) is 0.821. The number of halogens is 1. The second-order valence-corrected chi connectivity index (χ2v) is 6.00. The third-order valence-corrected chi connectivity index (χ3v) is 3.03. The molecule has 2 N–H and O–H groups in total. The van der Waals surface area contributed by atoms with Crippen molar-refractivity contribution in [3.8, 4) is 0 Å². The fourth-order valence-electron chi connectivity index (χ4n) is 1.70. The summed E-state index contributed by atoms with van der Waals surface area (Å²) in [5.41, 5.74) is 1.15. The van der Waals surface area contributed by atoms with Gasteiger partial charge in [0, 0.05) is 17.3 Å². The zero-order chi connectivity index (χ0) is 16.2. The summed E-state index contributed by atoms with van der Waals surface area (Å²) in [4.78, 5) is 28.2. The van der Waals surface area contributed by atoms with E-state index in [9.17, 15) is 9.59 Å². The lowest BCUT2D eigenvalue weighted by Gasteiger charge is -2.16. The highest BCUT2D eigenvalue weighted by molar-refractivity contribution is 6.29. The smallest absolute Gasteiger partial charge is 0.252 e. The summed E-state index contributed by atoms with van der Waals surface area (Å²) in [6.45, 7) is 9.31. The molecule has 0 saturated heterocycles. The molecule has 6 heteroatoms. The SMILES string of the molecule is CC(C)NC(=O)C(C)NC(=O)c1cc(Cl)nc(C(C)C)c1. The number of pyridine rings is 1. The van der Waals surface area contributed by atoms with Crippen LogP contribution in [0.4, 0.5) is 0 Å². The molecule has 21 heavy (non-hydrogen) atoms. The largest absolute Gasteiger partial charge is 0.352 e. The van der Waals surface area contributed by atoms with Crippen molar-refractivity contribution in [1.29, 1.82) is 0 Å². The molecule has 1 atom stereocenters. The molecular formula is C15H22ClN3O2. The van der Waals surface area contributed by atoms with Gasteiger partial charge in [0.1, 0.15) is 11.2 Å². The van der Waals surface area contributed by atoms with Crippen LogP contribution in [0.2, 0.25) is 5.15 Å². The van der Waals surface area contributed by atoms with E-state index >= 15 is 0 Å². The van der Waals surface area contributed by atoms with Gasteiger partial charge in [0.2, 0.25) is 5.91 Å². The Morgan fingerprint density at radius 3 is 2.24 bits per heavy atom. The highest BCUT2D eigenvalue weighted by Gasteiger charge is 2.18. The van der Waals surface area contributed by atoms with Crippen molar-refractivity contribution in [2.75, 3.05) is 0 Å². The minimum Gasteiger partial charge on any atom is -0.352 e. The monoisotopic (exact) mass is 311 g/mol. The predicted molar refractivity (Wildman–Crippen MR) is 83.5 cm³/mol. The number of carbonyl (C=O) groups is 2. The summed E-state index contributed by atoms with van der Waals surface area (Å²) in [7, 11) is 0. The first-order valence-electron chi connectivity index (χ1n) is 6.99. The van der Waals surface area contributed by atoms with Crippen LogP contribution in [-0.4, -0.2) is 28.9 Å². The van der Waals surface area contributed by atoms with Gasteiger partial charge in [-0.15, -0.1) is 0 Å². The standard InChI is InChI=1S/C15H22ClN3O2/c1-8(2)12-6-11(7-13(16)19-12)15(21)18-10(5)14(20)17-9(3)4/h6-10H,1-5H3,(H,17,20)(H,18,21). The Kier molecular flexibility index (Phi) is 6.15. The van der Waals surface area contributed by atoms with Crippen molar-refractivity contribution < 1.29 is 9.59 Å². The summed E-state index contributed by atoms with van der Waals surface area (Å²) in [5, 5.41) is 5.67. The second kappa shape index (κ2) is 7.41. The van der Waals surface area contributed by atoms with Gasteiger partial charge in [-0.3, -0.25) is 9.59 Å². The van der Waals surface area contributed by atoms with Gasteiger partial charge in [-0.1, -0.05) is 25.4 Å². The summed E-state index contributed by atoms with van der Waals surface area (Å²) >= 11 is 5.94. The van der Waals surface area contributed by atoms with Crippen molar-refractivity contribution in [1.82, 2.24) is 15.6 Å². The minimum absolute atomic E-state index is 0.0276. The van der Waals surface area contributed by atoms with Crippen molar-refractivity contribution in [3.05, 3.63) is 28.5 Å². The molecular weight excluding hydrogens is 290 g/mol. The summed E-state index contributed by atoms with van der Waals surface area (Å²) in [5.74, 6) is -0.396. The van der Waals surface area contributed by atoms with Gasteiger partial charge >= 0.3 is 0 Å². The molecule has 0 fully saturated rings. The Bertz CT molecular complexity index is 530. The van der Waals surface area contributed by atoms with E-state index in [1.54, 1.807) is 13.0 Å². The van der Waals surface area contributed by atoms with Crippen molar-refractivity contribution in [2.24, 2.45) is 0 Å². The van der Waals surface area contributed by atoms with Crippen LogP contribution in [-0.2, 0) is 4.79 Å². The molecule has 116 valence electrons. The fourth-order valence-corrected chi connectivity index (χ4v) is 1.91. The number of amides is 2. The van der Waals surface area contributed by atoms with Crippen LogP contribution in [0.5, 0.6) is 0 Å². The van der Waals surface area contributed by atoms with Crippen LogP contribution in [0.1, 0.15) is 56.6 Å². The van der Waals surface area contributed by atoms with E-state index in [-0.39, 0.29) is 28.9 Å². The zero-order valence-electron chi connectivity index (χ0n) is 13.0. The Hall–Kier alpha value is -1.62. The lowest BCUT2D eigenvalue weighted by atomic mass is 10.1. The van der Waals surface area contributed by atoms with Crippen molar-refractivity contribution in [2.45, 2.75) is 52.6 Å². The van der Waals surface area contributed by atoms with Gasteiger partial charge in [0.15, 0.2) is 0 Å². The number of hydrogen-bond acceptors (Lipinski definition) is 3. The average Bonchev–Trinajstić information content (AvgIpc) is 2.36. The molecule has 1 aromatic rings. The van der Waals surface area contributed by atoms with Gasteiger partial charge in [0.25, 0.3) is 5.91 Å². The molecule has 1 heterocycles. The molecule has 1 unspecified atom stereocenters. The van der Waals surface area contributed by atoms with Crippen LogP contribution >= 0.6 is 11.6 Å². The van der Waals surface area contributed by atoms with Crippen LogP contribution in [0.15, 0.2) is 12.1 Å². The Labute approximate surface area is 130 Å². The van der Waals surface area contributed by atoms with Crippen molar-refractivity contribution >= 4 is 23.4 Å². The molecule has 0 aliphatic carbocycles. The molecule has 0 aliphatic heterocycles. The highest BCUT2D eigenvalue weighted by atomic mass is 35.5. The first-order valence-corrected chi connectivity index (χ1v) is 7.37. The molecule has 0 spiro atoms. The molecule has 1 aromatic heterocycles. The molecule has 0 aromatic carbocycles. The average molecular weight is 312 g/mol. The summed E-state index contributed by atoms with van der Waals surface area (Å²) < 4.78 is 0.